The summed E-state index contributed by atoms with van der Waals surface area (Å²) in [4.78, 5) is 38.2. The lowest BCUT2D eigenvalue weighted by Crippen LogP contribution is -2.54. The van der Waals surface area contributed by atoms with Gasteiger partial charge >= 0.3 is 6.03 Å². The highest BCUT2D eigenvalue weighted by Gasteiger charge is 2.38. The van der Waals surface area contributed by atoms with Crippen molar-refractivity contribution >= 4 is 41.2 Å². The molecule has 4 rings (SSSR count). The zero-order valence-corrected chi connectivity index (χ0v) is 18.9. The third-order valence-electron chi connectivity index (χ3n) is 5.03. The first-order valence-corrected chi connectivity index (χ1v) is 10.6. The lowest BCUT2D eigenvalue weighted by Gasteiger charge is -2.26. The van der Waals surface area contributed by atoms with Gasteiger partial charge in [-0.1, -0.05) is 35.9 Å². The summed E-state index contributed by atoms with van der Waals surface area (Å²) >= 11 is 6.36. The van der Waals surface area contributed by atoms with Crippen molar-refractivity contribution in [3.63, 3.8) is 0 Å². The molecule has 1 saturated heterocycles. The molecule has 0 radical (unpaired) electrons. The minimum absolute atomic E-state index is 0.00881. The van der Waals surface area contributed by atoms with Gasteiger partial charge in [0.05, 0.1) is 17.8 Å². The van der Waals surface area contributed by atoms with Crippen molar-refractivity contribution in [1.82, 2.24) is 5.32 Å². The predicted molar refractivity (Wildman–Crippen MR) is 124 cm³/mol. The highest BCUT2D eigenvalue weighted by atomic mass is 35.5. The molecule has 0 saturated carbocycles. The Morgan fingerprint density at radius 2 is 1.80 bits per heavy atom. The number of carbonyl (C=O) groups excluding carboxylic acids is 3. The van der Waals surface area contributed by atoms with E-state index in [0.29, 0.717) is 10.5 Å². The van der Waals surface area contributed by atoms with Gasteiger partial charge in [0.25, 0.3) is 11.8 Å². The zero-order valence-electron chi connectivity index (χ0n) is 18.2. The number of anilines is 1. The van der Waals surface area contributed by atoms with E-state index in [1.165, 1.54) is 55.7 Å². The second-order valence-electron chi connectivity index (χ2n) is 7.36. The number of nitrogens with zero attached hydrogens (tertiary/aromatic N) is 1. The molecule has 0 unspecified atom stereocenters. The van der Waals surface area contributed by atoms with Gasteiger partial charge in [0, 0.05) is 0 Å². The maximum absolute atomic E-state index is 14.2. The SMILES string of the molecule is COc1cc(/C=C2/C(=O)NC(=O)N(c3ccccc3F)C2=O)cc(Cl)c1OCc1cccc(F)c1. The van der Waals surface area contributed by atoms with Crippen LogP contribution in [-0.4, -0.2) is 25.0 Å². The molecule has 3 aromatic rings. The van der Waals surface area contributed by atoms with Crippen LogP contribution in [0.3, 0.4) is 0 Å². The first kappa shape index (κ1) is 23.9. The van der Waals surface area contributed by atoms with Crippen LogP contribution in [0.1, 0.15) is 11.1 Å². The molecule has 7 nitrogen and oxygen atoms in total. The number of urea groups is 1. The average Bonchev–Trinajstić information content (AvgIpc) is 2.82. The van der Waals surface area contributed by atoms with E-state index in [9.17, 15) is 23.2 Å². The van der Waals surface area contributed by atoms with Gasteiger partial charge in [-0.25, -0.2) is 18.5 Å². The fourth-order valence-electron chi connectivity index (χ4n) is 3.42. The van der Waals surface area contributed by atoms with Crippen LogP contribution in [0.25, 0.3) is 6.08 Å². The summed E-state index contributed by atoms with van der Waals surface area (Å²) < 4.78 is 38.7. The Bertz CT molecular complexity index is 1380. The van der Waals surface area contributed by atoms with Gasteiger partial charge in [0.1, 0.15) is 23.8 Å². The molecule has 1 aliphatic rings. The van der Waals surface area contributed by atoms with Crippen molar-refractivity contribution in [1.29, 1.82) is 0 Å². The Morgan fingerprint density at radius 3 is 2.51 bits per heavy atom. The van der Waals surface area contributed by atoms with Crippen molar-refractivity contribution in [2.45, 2.75) is 6.61 Å². The molecule has 0 aliphatic carbocycles. The van der Waals surface area contributed by atoms with E-state index in [1.54, 1.807) is 12.1 Å². The fourth-order valence-corrected chi connectivity index (χ4v) is 3.70. The summed E-state index contributed by atoms with van der Waals surface area (Å²) in [7, 11) is 1.37. The van der Waals surface area contributed by atoms with Gasteiger partial charge in [-0.3, -0.25) is 14.9 Å². The molecule has 1 fully saturated rings. The Hall–Kier alpha value is -4.24. The Kier molecular flexibility index (Phi) is 6.79. The van der Waals surface area contributed by atoms with Gasteiger partial charge in [0.15, 0.2) is 11.5 Å². The van der Waals surface area contributed by atoms with E-state index in [1.807, 2.05) is 5.32 Å². The van der Waals surface area contributed by atoms with Gasteiger partial charge in [-0.05, 0) is 53.6 Å². The minimum Gasteiger partial charge on any atom is -0.493 e. The van der Waals surface area contributed by atoms with Crippen LogP contribution in [0, 0.1) is 11.6 Å². The first-order valence-electron chi connectivity index (χ1n) is 10.2. The van der Waals surface area contributed by atoms with Crippen molar-refractivity contribution in [2.24, 2.45) is 0 Å². The number of hydrogen-bond donors (Lipinski definition) is 1. The monoisotopic (exact) mass is 498 g/mol. The highest BCUT2D eigenvalue weighted by molar-refractivity contribution is 6.39. The van der Waals surface area contributed by atoms with Crippen LogP contribution in [-0.2, 0) is 16.2 Å². The van der Waals surface area contributed by atoms with Crippen LogP contribution in [0.15, 0.2) is 66.2 Å². The quantitative estimate of drug-likeness (QED) is 0.387. The van der Waals surface area contributed by atoms with E-state index in [0.717, 1.165) is 6.07 Å². The van der Waals surface area contributed by atoms with Crippen LogP contribution in [0.5, 0.6) is 11.5 Å². The fraction of sp³-hybridized carbons (Fsp3) is 0.0800. The number of nitrogens with one attached hydrogen (secondary N) is 1. The van der Waals surface area contributed by atoms with Crippen molar-refractivity contribution in [2.75, 3.05) is 12.0 Å². The van der Waals surface area contributed by atoms with E-state index < -0.39 is 35.1 Å². The average molecular weight is 499 g/mol. The third-order valence-corrected chi connectivity index (χ3v) is 5.31. The number of ether oxygens (including phenoxy) is 2. The third kappa shape index (κ3) is 4.99. The molecule has 0 bridgehead atoms. The lowest BCUT2D eigenvalue weighted by atomic mass is 10.1. The number of halogens is 3. The van der Waals surface area contributed by atoms with Crippen LogP contribution >= 0.6 is 11.6 Å². The number of imide groups is 2. The maximum Gasteiger partial charge on any atom is 0.336 e. The summed E-state index contributed by atoms with van der Waals surface area (Å²) in [6, 6.07) is 12.8. The number of rotatable bonds is 6. The smallest absolute Gasteiger partial charge is 0.336 e. The lowest BCUT2D eigenvalue weighted by molar-refractivity contribution is -0.122. The number of hydrogen-bond acceptors (Lipinski definition) is 5. The topological polar surface area (TPSA) is 84.9 Å². The van der Waals surface area contributed by atoms with Gasteiger partial charge in [0.2, 0.25) is 0 Å². The highest BCUT2D eigenvalue weighted by Crippen LogP contribution is 2.38. The molecule has 0 spiro atoms. The number of methoxy groups -OCH3 is 1. The Balaban J connectivity index is 1.65. The van der Waals surface area contributed by atoms with Crippen LogP contribution < -0.4 is 19.7 Å². The van der Waals surface area contributed by atoms with E-state index in [-0.39, 0.29) is 34.4 Å². The molecule has 4 amide bonds. The normalized spacial score (nSPS) is 14.8. The summed E-state index contributed by atoms with van der Waals surface area (Å²) in [6.07, 6.45) is 1.20. The predicted octanol–water partition coefficient (Wildman–Crippen LogP) is 4.87. The van der Waals surface area contributed by atoms with Crippen LogP contribution in [0.4, 0.5) is 19.3 Å². The molecule has 0 aromatic heterocycles. The minimum atomic E-state index is -1.07. The summed E-state index contributed by atoms with van der Waals surface area (Å²) in [5.41, 5.74) is 0.132. The largest absolute Gasteiger partial charge is 0.493 e. The Morgan fingerprint density at radius 1 is 1.03 bits per heavy atom. The van der Waals surface area contributed by atoms with Gasteiger partial charge < -0.3 is 9.47 Å². The van der Waals surface area contributed by atoms with Gasteiger partial charge in [-0.15, -0.1) is 0 Å². The van der Waals surface area contributed by atoms with Crippen molar-refractivity contribution < 1.29 is 32.6 Å². The molecule has 1 aliphatic heterocycles. The number of carbonyl (C=O) groups is 3. The van der Waals surface area contributed by atoms with Crippen molar-refractivity contribution in [3.05, 3.63) is 94.0 Å². The second kappa shape index (κ2) is 9.94. The van der Waals surface area contributed by atoms with E-state index in [4.69, 9.17) is 21.1 Å². The molecule has 3 aromatic carbocycles. The van der Waals surface area contributed by atoms with E-state index >= 15 is 0 Å². The molecule has 1 N–H and O–H groups in total. The molecule has 35 heavy (non-hydrogen) atoms. The van der Waals surface area contributed by atoms with Crippen molar-refractivity contribution in [3.8, 4) is 11.5 Å². The summed E-state index contributed by atoms with van der Waals surface area (Å²) in [5, 5.41) is 2.12. The summed E-state index contributed by atoms with van der Waals surface area (Å²) in [5.74, 6) is -2.83. The summed E-state index contributed by atoms with van der Waals surface area (Å²) in [6.45, 7) is 0.00881. The molecular formula is C25H17ClF2N2O5. The van der Waals surface area contributed by atoms with Crippen LogP contribution in [0.2, 0.25) is 5.02 Å². The maximum atomic E-state index is 14.2. The first-order chi connectivity index (χ1) is 16.8. The standard InChI is InChI=1S/C25H17ClF2N2O5/c1-34-21-12-15(11-18(26)22(21)35-13-14-5-4-6-16(27)9-14)10-17-23(31)29-25(33)30(24(17)32)20-8-3-2-7-19(20)28/h2-12H,13H2,1H3,(H,29,31,33)/b17-10-. The Labute approximate surface area is 203 Å². The second-order valence-corrected chi connectivity index (χ2v) is 7.77. The van der Waals surface area contributed by atoms with Gasteiger partial charge in [-0.2, -0.15) is 0 Å². The number of barbiturate groups is 1. The molecule has 178 valence electrons. The molecular weight excluding hydrogens is 482 g/mol. The number of benzene rings is 3. The van der Waals surface area contributed by atoms with E-state index in [2.05, 4.69) is 0 Å². The molecule has 0 atom stereocenters. The molecule has 1 heterocycles. The number of para-hydroxylation sites is 1. The number of amides is 4. The molecule has 10 heteroatoms. The zero-order chi connectivity index (χ0) is 25.1.